The second-order valence-corrected chi connectivity index (χ2v) is 4.04. The standard InChI is InChI=1S/C13H8ClN3/c14-11-5-13(9-6-15-8-16-7-9)17-12-4-2-1-3-10(11)12/h1-8H. The van der Waals surface area contributed by atoms with Gasteiger partial charge in [-0.05, 0) is 12.1 Å². The van der Waals surface area contributed by atoms with Gasteiger partial charge in [0.25, 0.3) is 0 Å². The molecule has 0 spiro atoms. The van der Waals surface area contributed by atoms with E-state index in [0.717, 1.165) is 22.2 Å². The largest absolute Gasteiger partial charge is 0.248 e. The van der Waals surface area contributed by atoms with Crippen molar-refractivity contribution in [2.45, 2.75) is 0 Å². The van der Waals surface area contributed by atoms with Crippen molar-refractivity contribution in [1.29, 1.82) is 0 Å². The Morgan fingerprint density at radius 1 is 1.00 bits per heavy atom. The molecule has 2 heterocycles. The average molecular weight is 242 g/mol. The van der Waals surface area contributed by atoms with Gasteiger partial charge in [-0.25, -0.2) is 15.0 Å². The van der Waals surface area contributed by atoms with E-state index in [9.17, 15) is 0 Å². The predicted octanol–water partition coefficient (Wildman–Crippen LogP) is 3.35. The fourth-order valence-corrected chi connectivity index (χ4v) is 1.98. The van der Waals surface area contributed by atoms with E-state index < -0.39 is 0 Å². The zero-order valence-corrected chi connectivity index (χ0v) is 9.59. The monoisotopic (exact) mass is 241 g/mol. The maximum absolute atomic E-state index is 6.23. The van der Waals surface area contributed by atoms with Crippen LogP contribution in [0.3, 0.4) is 0 Å². The highest BCUT2D eigenvalue weighted by molar-refractivity contribution is 6.35. The average Bonchev–Trinajstić information content (AvgIpc) is 2.40. The third kappa shape index (κ3) is 1.85. The van der Waals surface area contributed by atoms with Crippen LogP contribution in [0.4, 0.5) is 0 Å². The number of fused-ring (bicyclic) bond motifs is 1. The molecule has 0 bridgehead atoms. The van der Waals surface area contributed by atoms with E-state index >= 15 is 0 Å². The lowest BCUT2D eigenvalue weighted by molar-refractivity contribution is 1.16. The van der Waals surface area contributed by atoms with Gasteiger partial charge in [-0.15, -0.1) is 0 Å². The van der Waals surface area contributed by atoms with Gasteiger partial charge in [0.2, 0.25) is 0 Å². The third-order valence-corrected chi connectivity index (χ3v) is 2.83. The summed E-state index contributed by atoms with van der Waals surface area (Å²) in [5.41, 5.74) is 2.52. The summed E-state index contributed by atoms with van der Waals surface area (Å²) >= 11 is 6.23. The zero-order valence-electron chi connectivity index (χ0n) is 8.84. The van der Waals surface area contributed by atoms with Crippen molar-refractivity contribution < 1.29 is 0 Å². The van der Waals surface area contributed by atoms with Crippen molar-refractivity contribution in [1.82, 2.24) is 15.0 Å². The van der Waals surface area contributed by atoms with Crippen molar-refractivity contribution in [3.8, 4) is 11.3 Å². The SMILES string of the molecule is Clc1cc(-c2cncnc2)nc2ccccc12. The van der Waals surface area contributed by atoms with Gasteiger partial charge in [0.05, 0.1) is 16.2 Å². The van der Waals surface area contributed by atoms with Gasteiger partial charge in [-0.1, -0.05) is 29.8 Å². The van der Waals surface area contributed by atoms with Crippen LogP contribution in [0.25, 0.3) is 22.2 Å². The molecule has 0 aliphatic rings. The Kier molecular flexibility index (Phi) is 2.46. The van der Waals surface area contributed by atoms with E-state index in [1.807, 2.05) is 30.3 Å². The van der Waals surface area contributed by atoms with Crippen molar-refractivity contribution in [3.05, 3.63) is 54.1 Å². The van der Waals surface area contributed by atoms with Gasteiger partial charge in [-0.2, -0.15) is 0 Å². The molecule has 0 saturated carbocycles. The molecule has 0 atom stereocenters. The maximum Gasteiger partial charge on any atom is 0.115 e. The minimum absolute atomic E-state index is 0.689. The second-order valence-electron chi connectivity index (χ2n) is 3.63. The number of halogens is 1. The molecule has 0 aliphatic heterocycles. The van der Waals surface area contributed by atoms with Crippen LogP contribution in [0, 0.1) is 0 Å². The zero-order chi connectivity index (χ0) is 11.7. The number of hydrogen-bond acceptors (Lipinski definition) is 3. The fourth-order valence-electron chi connectivity index (χ4n) is 1.71. The highest BCUT2D eigenvalue weighted by Gasteiger charge is 2.05. The van der Waals surface area contributed by atoms with Crippen LogP contribution in [-0.2, 0) is 0 Å². The number of aromatic nitrogens is 3. The quantitative estimate of drug-likeness (QED) is 0.656. The topological polar surface area (TPSA) is 38.7 Å². The van der Waals surface area contributed by atoms with Gasteiger partial charge in [0, 0.05) is 23.3 Å². The molecule has 1 aromatic carbocycles. The van der Waals surface area contributed by atoms with Gasteiger partial charge in [0.1, 0.15) is 6.33 Å². The Morgan fingerprint density at radius 3 is 2.59 bits per heavy atom. The van der Waals surface area contributed by atoms with Crippen molar-refractivity contribution in [3.63, 3.8) is 0 Å². The molecule has 0 fully saturated rings. The summed E-state index contributed by atoms with van der Waals surface area (Å²) in [6, 6.07) is 9.62. The summed E-state index contributed by atoms with van der Waals surface area (Å²) in [5, 5.41) is 1.64. The van der Waals surface area contributed by atoms with E-state index in [4.69, 9.17) is 11.6 Å². The van der Waals surface area contributed by atoms with Crippen LogP contribution >= 0.6 is 11.6 Å². The molecule has 3 aromatic rings. The smallest absolute Gasteiger partial charge is 0.115 e. The third-order valence-electron chi connectivity index (χ3n) is 2.52. The fraction of sp³-hybridized carbons (Fsp3) is 0. The van der Waals surface area contributed by atoms with Crippen molar-refractivity contribution in [2.75, 3.05) is 0 Å². The lowest BCUT2D eigenvalue weighted by atomic mass is 10.1. The van der Waals surface area contributed by atoms with Gasteiger partial charge >= 0.3 is 0 Å². The lowest BCUT2D eigenvalue weighted by Gasteiger charge is -2.04. The van der Waals surface area contributed by atoms with E-state index in [0.29, 0.717) is 5.02 Å². The summed E-state index contributed by atoms with van der Waals surface area (Å²) in [6.45, 7) is 0. The summed E-state index contributed by atoms with van der Waals surface area (Å²) in [5.74, 6) is 0. The Morgan fingerprint density at radius 2 is 1.76 bits per heavy atom. The Balaban J connectivity index is 2.26. The van der Waals surface area contributed by atoms with Crippen LogP contribution in [0.1, 0.15) is 0 Å². The van der Waals surface area contributed by atoms with Gasteiger partial charge < -0.3 is 0 Å². The predicted molar refractivity (Wildman–Crippen MR) is 67.8 cm³/mol. The van der Waals surface area contributed by atoms with Gasteiger partial charge in [-0.3, -0.25) is 0 Å². The number of rotatable bonds is 1. The molecule has 3 nitrogen and oxygen atoms in total. The number of pyridine rings is 1. The summed E-state index contributed by atoms with van der Waals surface area (Å²) in [6.07, 6.45) is 4.94. The lowest BCUT2D eigenvalue weighted by Crippen LogP contribution is -1.88. The van der Waals surface area contributed by atoms with Crippen molar-refractivity contribution >= 4 is 22.5 Å². The molecule has 2 aromatic heterocycles. The van der Waals surface area contributed by atoms with Crippen LogP contribution in [0.15, 0.2) is 49.1 Å². The molecule has 0 N–H and O–H groups in total. The molecule has 82 valence electrons. The summed E-state index contributed by atoms with van der Waals surface area (Å²) in [7, 11) is 0. The molecule has 0 radical (unpaired) electrons. The normalized spacial score (nSPS) is 10.6. The Labute approximate surface area is 103 Å². The van der Waals surface area contributed by atoms with Crippen LogP contribution in [0.5, 0.6) is 0 Å². The van der Waals surface area contributed by atoms with Crippen LogP contribution < -0.4 is 0 Å². The van der Waals surface area contributed by atoms with E-state index in [1.165, 1.54) is 6.33 Å². The molecule has 0 amide bonds. The Bertz CT molecular complexity index is 668. The first-order valence-corrected chi connectivity index (χ1v) is 5.53. The number of nitrogens with zero attached hydrogens (tertiary/aromatic N) is 3. The highest BCUT2D eigenvalue weighted by atomic mass is 35.5. The molecule has 0 unspecified atom stereocenters. The Hall–Kier alpha value is -2.00. The second kappa shape index (κ2) is 4.11. The molecule has 0 saturated heterocycles. The molecule has 3 rings (SSSR count). The van der Waals surface area contributed by atoms with E-state index in [2.05, 4.69) is 15.0 Å². The first kappa shape index (κ1) is 10.2. The highest BCUT2D eigenvalue weighted by Crippen LogP contribution is 2.26. The first-order valence-electron chi connectivity index (χ1n) is 5.15. The molecule has 17 heavy (non-hydrogen) atoms. The number of benzene rings is 1. The van der Waals surface area contributed by atoms with Crippen molar-refractivity contribution in [2.24, 2.45) is 0 Å². The summed E-state index contributed by atoms with van der Waals surface area (Å²) < 4.78 is 0. The molecule has 4 heteroatoms. The maximum atomic E-state index is 6.23. The van der Waals surface area contributed by atoms with E-state index in [1.54, 1.807) is 12.4 Å². The first-order chi connectivity index (χ1) is 8.34. The van der Waals surface area contributed by atoms with Gasteiger partial charge in [0.15, 0.2) is 0 Å². The molecule has 0 aliphatic carbocycles. The number of para-hydroxylation sites is 1. The van der Waals surface area contributed by atoms with E-state index in [-0.39, 0.29) is 0 Å². The van der Waals surface area contributed by atoms with Crippen LogP contribution in [0.2, 0.25) is 5.02 Å². The molecular formula is C13H8ClN3. The minimum atomic E-state index is 0.689. The summed E-state index contributed by atoms with van der Waals surface area (Å²) in [4.78, 5) is 12.5. The van der Waals surface area contributed by atoms with Crippen LogP contribution in [-0.4, -0.2) is 15.0 Å². The number of hydrogen-bond donors (Lipinski definition) is 0. The minimum Gasteiger partial charge on any atom is -0.248 e. The molecular weight excluding hydrogens is 234 g/mol.